The van der Waals surface area contributed by atoms with Gasteiger partial charge in [-0.15, -0.1) is 0 Å². The molecule has 0 spiro atoms. The van der Waals surface area contributed by atoms with Gasteiger partial charge in [0.05, 0.1) is 10.6 Å². The number of carbonyl (C=O) groups excluding carboxylic acids is 1. The molecule has 0 atom stereocenters. The summed E-state index contributed by atoms with van der Waals surface area (Å²) >= 11 is 0. The van der Waals surface area contributed by atoms with Crippen molar-refractivity contribution in [2.75, 3.05) is 17.2 Å². The highest BCUT2D eigenvalue weighted by molar-refractivity contribution is 5.95. The van der Waals surface area contributed by atoms with Crippen molar-refractivity contribution in [2.24, 2.45) is 0 Å². The fraction of sp³-hybridized carbons (Fsp3) is 0.273. The van der Waals surface area contributed by atoms with Crippen LogP contribution in [0.2, 0.25) is 0 Å². The Balaban J connectivity index is 2.38. The van der Waals surface area contributed by atoms with Gasteiger partial charge in [0, 0.05) is 12.5 Å². The number of hydrogen-bond donors (Lipinski definition) is 3. The zero-order valence-electron chi connectivity index (χ0n) is 9.80. The van der Waals surface area contributed by atoms with E-state index >= 15 is 0 Å². The van der Waals surface area contributed by atoms with Gasteiger partial charge in [0.25, 0.3) is 5.69 Å². The minimum atomic E-state index is -1.11. The Morgan fingerprint density at radius 1 is 1.47 bits per heavy atom. The van der Waals surface area contributed by atoms with Gasteiger partial charge in [0.2, 0.25) is 5.91 Å². The molecule has 100 valence electrons. The number of carboxylic acids is 1. The van der Waals surface area contributed by atoms with E-state index in [2.05, 4.69) is 10.6 Å². The van der Waals surface area contributed by atoms with Gasteiger partial charge in [-0.05, 0) is 18.1 Å². The predicted octanol–water partition coefficient (Wildman–Crippen LogP) is 0.976. The zero-order valence-corrected chi connectivity index (χ0v) is 9.80. The van der Waals surface area contributed by atoms with E-state index in [0.717, 1.165) is 5.56 Å². The third-order valence-corrected chi connectivity index (χ3v) is 2.74. The lowest BCUT2D eigenvalue weighted by atomic mass is 10.0. The highest BCUT2D eigenvalue weighted by Crippen LogP contribution is 2.33. The minimum absolute atomic E-state index is 0.141. The maximum absolute atomic E-state index is 11.2. The van der Waals surface area contributed by atoms with Gasteiger partial charge in [0.15, 0.2) is 0 Å². The molecule has 8 heteroatoms. The van der Waals surface area contributed by atoms with Crippen LogP contribution in [0.5, 0.6) is 0 Å². The van der Waals surface area contributed by atoms with Crippen LogP contribution < -0.4 is 10.6 Å². The Bertz CT molecular complexity index is 570. The molecule has 0 aromatic heterocycles. The third kappa shape index (κ3) is 2.79. The molecule has 1 aromatic carbocycles. The second-order valence-electron chi connectivity index (χ2n) is 4.08. The molecule has 0 fully saturated rings. The number of hydrogen-bond acceptors (Lipinski definition) is 5. The first-order valence-corrected chi connectivity index (χ1v) is 5.54. The van der Waals surface area contributed by atoms with Gasteiger partial charge in [-0.3, -0.25) is 19.7 Å². The normalized spacial score (nSPS) is 13.4. The molecule has 8 nitrogen and oxygen atoms in total. The molecule has 0 saturated carbocycles. The summed E-state index contributed by atoms with van der Waals surface area (Å²) in [7, 11) is 0. The molecule has 0 unspecified atom stereocenters. The summed E-state index contributed by atoms with van der Waals surface area (Å²) in [5.41, 5.74) is 1.03. The van der Waals surface area contributed by atoms with Crippen LogP contribution in [0.1, 0.15) is 12.0 Å². The van der Waals surface area contributed by atoms with Crippen LogP contribution in [-0.4, -0.2) is 28.5 Å². The number of nitro benzene ring substituents is 1. The lowest BCUT2D eigenvalue weighted by Gasteiger charge is -2.18. The molecule has 1 aliphatic rings. The maximum Gasteiger partial charge on any atom is 0.322 e. The Morgan fingerprint density at radius 3 is 2.84 bits per heavy atom. The molecule has 1 amide bonds. The third-order valence-electron chi connectivity index (χ3n) is 2.74. The van der Waals surface area contributed by atoms with Gasteiger partial charge >= 0.3 is 5.97 Å². The number of amides is 1. The van der Waals surface area contributed by atoms with Crippen LogP contribution in [0.15, 0.2) is 12.1 Å². The predicted molar refractivity (Wildman–Crippen MR) is 66.2 cm³/mol. The van der Waals surface area contributed by atoms with Crippen LogP contribution in [-0.2, 0) is 16.0 Å². The van der Waals surface area contributed by atoms with E-state index in [1.807, 2.05) is 0 Å². The highest BCUT2D eigenvalue weighted by atomic mass is 16.6. The fourth-order valence-corrected chi connectivity index (χ4v) is 1.88. The lowest BCUT2D eigenvalue weighted by molar-refractivity contribution is -0.383. The number of anilines is 2. The molecule has 19 heavy (non-hydrogen) atoms. The molecule has 3 N–H and O–H groups in total. The number of nitrogens with one attached hydrogen (secondary N) is 2. The van der Waals surface area contributed by atoms with Crippen molar-refractivity contribution in [3.8, 4) is 0 Å². The summed E-state index contributed by atoms with van der Waals surface area (Å²) in [6, 6.07) is 2.76. The van der Waals surface area contributed by atoms with Gasteiger partial charge < -0.3 is 15.7 Å². The minimum Gasteiger partial charge on any atom is -0.480 e. The van der Waals surface area contributed by atoms with Crippen molar-refractivity contribution in [3.05, 3.63) is 27.8 Å². The van der Waals surface area contributed by atoms with Crippen LogP contribution in [0.25, 0.3) is 0 Å². The average Bonchev–Trinajstić information content (AvgIpc) is 2.35. The molecule has 1 aromatic rings. The summed E-state index contributed by atoms with van der Waals surface area (Å²) < 4.78 is 0. The van der Waals surface area contributed by atoms with E-state index in [0.29, 0.717) is 18.5 Å². The molecule has 1 aliphatic heterocycles. The first-order chi connectivity index (χ1) is 8.97. The van der Waals surface area contributed by atoms with Gasteiger partial charge in [-0.25, -0.2) is 0 Å². The van der Waals surface area contributed by atoms with Crippen molar-refractivity contribution in [1.29, 1.82) is 0 Å². The molecular weight excluding hydrogens is 254 g/mol. The number of carboxylic acid groups (broad SMARTS) is 1. The van der Waals surface area contributed by atoms with Crippen molar-refractivity contribution < 1.29 is 19.6 Å². The van der Waals surface area contributed by atoms with Crippen LogP contribution in [0.3, 0.4) is 0 Å². The SMILES string of the molecule is O=C(O)CNc1cc2c(cc1[N+](=O)[O-])NC(=O)CC2. The van der Waals surface area contributed by atoms with Crippen molar-refractivity contribution in [2.45, 2.75) is 12.8 Å². The highest BCUT2D eigenvalue weighted by Gasteiger charge is 2.22. The summed E-state index contributed by atoms with van der Waals surface area (Å²) in [6.45, 7) is -0.411. The number of benzene rings is 1. The number of nitrogens with zero attached hydrogens (tertiary/aromatic N) is 1. The van der Waals surface area contributed by atoms with Gasteiger partial charge in [-0.1, -0.05) is 0 Å². The summed E-state index contributed by atoms with van der Waals surface area (Å²) in [6.07, 6.45) is 0.782. The zero-order chi connectivity index (χ0) is 14.0. The molecule has 0 bridgehead atoms. The van der Waals surface area contributed by atoms with E-state index in [1.165, 1.54) is 12.1 Å². The van der Waals surface area contributed by atoms with Crippen LogP contribution in [0.4, 0.5) is 17.1 Å². The smallest absolute Gasteiger partial charge is 0.322 e. The first kappa shape index (κ1) is 12.8. The Morgan fingerprint density at radius 2 is 2.21 bits per heavy atom. The molecule has 0 aliphatic carbocycles. The number of nitro groups is 1. The second kappa shape index (κ2) is 4.92. The van der Waals surface area contributed by atoms with Crippen molar-refractivity contribution >= 4 is 28.9 Å². The van der Waals surface area contributed by atoms with E-state index in [1.54, 1.807) is 0 Å². The number of aliphatic carboxylic acids is 1. The molecule has 0 saturated heterocycles. The topological polar surface area (TPSA) is 122 Å². The monoisotopic (exact) mass is 265 g/mol. The van der Waals surface area contributed by atoms with E-state index < -0.39 is 17.4 Å². The first-order valence-electron chi connectivity index (χ1n) is 5.54. The van der Waals surface area contributed by atoms with E-state index in [9.17, 15) is 19.7 Å². The number of carbonyl (C=O) groups is 2. The average molecular weight is 265 g/mol. The quantitative estimate of drug-likeness (QED) is 0.551. The molecule has 0 radical (unpaired) electrons. The van der Waals surface area contributed by atoms with Crippen molar-refractivity contribution in [3.63, 3.8) is 0 Å². The number of aryl methyl sites for hydroxylation is 1. The molecular formula is C11H11N3O5. The fourth-order valence-electron chi connectivity index (χ4n) is 1.88. The standard InChI is InChI=1S/C11H11N3O5/c15-10-2-1-6-3-8(12-5-11(16)17)9(14(18)19)4-7(6)13-10/h3-4,12H,1-2,5H2,(H,13,15)(H,16,17). The molecule has 2 rings (SSSR count). The van der Waals surface area contributed by atoms with E-state index in [4.69, 9.17) is 5.11 Å². The maximum atomic E-state index is 11.2. The van der Waals surface area contributed by atoms with Crippen LogP contribution in [0, 0.1) is 10.1 Å². The van der Waals surface area contributed by atoms with Gasteiger partial charge in [-0.2, -0.15) is 0 Å². The molecule has 1 heterocycles. The Labute approximate surface area is 107 Å². The van der Waals surface area contributed by atoms with Gasteiger partial charge in [0.1, 0.15) is 12.2 Å². The van der Waals surface area contributed by atoms with E-state index in [-0.39, 0.29) is 17.3 Å². The largest absolute Gasteiger partial charge is 0.480 e. The van der Waals surface area contributed by atoms with Crippen LogP contribution >= 0.6 is 0 Å². The lowest BCUT2D eigenvalue weighted by Crippen LogP contribution is -2.20. The number of fused-ring (bicyclic) bond motifs is 1. The second-order valence-corrected chi connectivity index (χ2v) is 4.08. The summed E-state index contributed by atoms with van der Waals surface area (Å²) in [4.78, 5) is 32.0. The van der Waals surface area contributed by atoms with Crippen molar-refractivity contribution in [1.82, 2.24) is 0 Å². The number of rotatable bonds is 4. The Hall–Kier alpha value is -2.64. The summed E-state index contributed by atoms with van der Waals surface area (Å²) in [5.74, 6) is -1.30. The summed E-state index contributed by atoms with van der Waals surface area (Å²) in [5, 5.41) is 24.6. The Kier molecular flexibility index (Phi) is 3.32.